The second kappa shape index (κ2) is 7.25. The number of amides is 1. The highest BCUT2D eigenvalue weighted by atomic mass is 35.5. The fourth-order valence-electron chi connectivity index (χ4n) is 3.47. The third-order valence-electron chi connectivity index (χ3n) is 5.03. The van der Waals surface area contributed by atoms with Crippen LogP contribution >= 0.6 is 11.6 Å². The molecule has 0 saturated carbocycles. The molecule has 0 unspecified atom stereocenters. The minimum atomic E-state index is 0.0711. The zero-order chi connectivity index (χ0) is 19.0. The molecular weight excluding hydrogens is 360 g/mol. The second-order valence-corrected chi connectivity index (χ2v) is 7.42. The van der Waals surface area contributed by atoms with Gasteiger partial charge in [-0.15, -0.1) is 0 Å². The molecule has 2 heterocycles. The number of para-hydroxylation sites is 2. The Balaban J connectivity index is 1.55. The maximum absolute atomic E-state index is 12.8. The molecule has 0 radical (unpaired) electrons. The molecule has 1 atom stereocenters. The van der Waals surface area contributed by atoms with Crippen LogP contribution in [0.3, 0.4) is 0 Å². The molecule has 2 aromatic carbocycles. The number of nitrogens with zero attached hydrogens (tertiary/aromatic N) is 4. The van der Waals surface area contributed by atoms with Gasteiger partial charge in [0, 0.05) is 29.8 Å². The first-order chi connectivity index (χ1) is 13.0. The van der Waals surface area contributed by atoms with E-state index < -0.39 is 0 Å². The van der Waals surface area contributed by atoms with Crippen molar-refractivity contribution in [3.8, 4) is 0 Å². The van der Waals surface area contributed by atoms with Crippen LogP contribution in [-0.4, -0.2) is 39.9 Å². The predicted molar refractivity (Wildman–Crippen MR) is 108 cm³/mol. The van der Waals surface area contributed by atoms with Crippen LogP contribution in [0.5, 0.6) is 0 Å². The lowest BCUT2D eigenvalue weighted by Crippen LogP contribution is -2.55. The summed E-state index contributed by atoms with van der Waals surface area (Å²) >= 11 is 6.09. The average molecular weight is 381 g/mol. The summed E-state index contributed by atoms with van der Waals surface area (Å²) in [5, 5.41) is 0.637. The average Bonchev–Trinajstić information content (AvgIpc) is 2.65. The molecule has 138 valence electrons. The smallest absolute Gasteiger partial charge is 0.241 e. The molecule has 3 aromatic rings. The van der Waals surface area contributed by atoms with Crippen LogP contribution in [0, 0.1) is 6.92 Å². The van der Waals surface area contributed by atoms with Crippen LogP contribution < -0.4 is 4.90 Å². The van der Waals surface area contributed by atoms with E-state index in [0.717, 1.165) is 28.1 Å². The third-order valence-corrected chi connectivity index (χ3v) is 5.26. The number of anilines is 1. The number of aromatic nitrogens is 2. The van der Waals surface area contributed by atoms with Crippen molar-refractivity contribution in [2.24, 2.45) is 0 Å². The van der Waals surface area contributed by atoms with Gasteiger partial charge < -0.3 is 4.90 Å². The Labute approximate surface area is 163 Å². The molecule has 1 amide bonds. The van der Waals surface area contributed by atoms with E-state index in [1.165, 1.54) is 0 Å². The number of carbonyl (C=O) groups excluding carboxylic acids is 1. The molecule has 1 aliphatic heterocycles. The van der Waals surface area contributed by atoms with Crippen molar-refractivity contribution in [2.75, 3.05) is 18.0 Å². The van der Waals surface area contributed by atoms with Gasteiger partial charge in [0.25, 0.3) is 0 Å². The highest BCUT2D eigenvalue weighted by Gasteiger charge is 2.31. The van der Waals surface area contributed by atoms with E-state index >= 15 is 0 Å². The summed E-state index contributed by atoms with van der Waals surface area (Å²) in [5.41, 5.74) is 4.46. The van der Waals surface area contributed by atoms with Gasteiger partial charge in [0.05, 0.1) is 29.0 Å². The Bertz CT molecular complexity index is 1010. The highest BCUT2D eigenvalue weighted by molar-refractivity contribution is 6.30. The van der Waals surface area contributed by atoms with Gasteiger partial charge in [-0.1, -0.05) is 29.8 Å². The Kier molecular flexibility index (Phi) is 4.81. The largest absolute Gasteiger partial charge is 0.310 e. The van der Waals surface area contributed by atoms with Crippen molar-refractivity contribution in [1.29, 1.82) is 0 Å². The molecule has 4 rings (SSSR count). The van der Waals surface area contributed by atoms with E-state index in [1.54, 1.807) is 0 Å². The number of carbonyl (C=O) groups is 1. The summed E-state index contributed by atoms with van der Waals surface area (Å²) in [6.07, 6.45) is 0. The monoisotopic (exact) mass is 380 g/mol. The van der Waals surface area contributed by atoms with Crippen LogP contribution in [0.1, 0.15) is 18.3 Å². The van der Waals surface area contributed by atoms with Crippen molar-refractivity contribution >= 4 is 34.2 Å². The molecule has 1 aliphatic rings. The molecule has 1 fully saturated rings. The van der Waals surface area contributed by atoms with E-state index in [2.05, 4.69) is 16.8 Å². The van der Waals surface area contributed by atoms with Crippen LogP contribution in [-0.2, 0) is 11.3 Å². The standard InChI is InChI=1S/C21H21ClN4O/c1-14-11-26(17-7-5-6-16(22)10-17)21(27)13-25(14)12-20-15(2)23-18-8-3-4-9-19(18)24-20/h3-10,14H,11-13H2,1-2H3/t14-/m0/s1. The number of halogens is 1. The van der Waals surface area contributed by atoms with Gasteiger partial charge in [-0.3, -0.25) is 9.69 Å². The first kappa shape index (κ1) is 17.9. The van der Waals surface area contributed by atoms with Crippen molar-refractivity contribution in [1.82, 2.24) is 14.9 Å². The van der Waals surface area contributed by atoms with Crippen LogP contribution in [0.4, 0.5) is 5.69 Å². The Morgan fingerprint density at radius 2 is 1.85 bits per heavy atom. The zero-order valence-corrected chi connectivity index (χ0v) is 16.1. The minimum absolute atomic E-state index is 0.0711. The third kappa shape index (κ3) is 3.66. The number of hydrogen-bond donors (Lipinski definition) is 0. The first-order valence-electron chi connectivity index (χ1n) is 9.03. The predicted octanol–water partition coefficient (Wildman–Crippen LogP) is 3.83. The number of rotatable bonds is 3. The molecule has 0 N–H and O–H groups in total. The summed E-state index contributed by atoms with van der Waals surface area (Å²) in [7, 11) is 0. The van der Waals surface area contributed by atoms with Crippen LogP contribution in [0.15, 0.2) is 48.5 Å². The van der Waals surface area contributed by atoms with Crippen molar-refractivity contribution in [3.05, 3.63) is 64.9 Å². The molecule has 1 aromatic heterocycles. The molecular formula is C21H21ClN4O. The molecule has 0 spiro atoms. The number of aryl methyl sites for hydroxylation is 1. The molecule has 5 nitrogen and oxygen atoms in total. The zero-order valence-electron chi connectivity index (χ0n) is 15.4. The Morgan fingerprint density at radius 1 is 1.11 bits per heavy atom. The topological polar surface area (TPSA) is 49.3 Å². The lowest BCUT2D eigenvalue weighted by Gasteiger charge is -2.39. The minimum Gasteiger partial charge on any atom is -0.310 e. The van der Waals surface area contributed by atoms with Crippen molar-refractivity contribution in [2.45, 2.75) is 26.4 Å². The number of piperazine rings is 1. The second-order valence-electron chi connectivity index (χ2n) is 6.98. The van der Waals surface area contributed by atoms with Crippen molar-refractivity contribution < 1.29 is 4.79 Å². The molecule has 27 heavy (non-hydrogen) atoms. The number of benzene rings is 2. The van der Waals surface area contributed by atoms with Crippen LogP contribution in [0.25, 0.3) is 11.0 Å². The molecule has 1 saturated heterocycles. The summed E-state index contributed by atoms with van der Waals surface area (Å²) in [6, 6.07) is 15.5. The van der Waals surface area contributed by atoms with Gasteiger partial charge in [-0.2, -0.15) is 0 Å². The fraction of sp³-hybridized carbons (Fsp3) is 0.286. The molecule has 6 heteroatoms. The van der Waals surface area contributed by atoms with Crippen molar-refractivity contribution in [3.63, 3.8) is 0 Å². The quantitative estimate of drug-likeness (QED) is 0.693. The van der Waals surface area contributed by atoms with E-state index in [9.17, 15) is 4.79 Å². The summed E-state index contributed by atoms with van der Waals surface area (Å²) in [5.74, 6) is 0.0711. The van der Waals surface area contributed by atoms with E-state index in [1.807, 2.05) is 60.4 Å². The van der Waals surface area contributed by atoms with Gasteiger partial charge >= 0.3 is 0 Å². The highest BCUT2D eigenvalue weighted by Crippen LogP contribution is 2.24. The number of fused-ring (bicyclic) bond motifs is 1. The maximum Gasteiger partial charge on any atom is 0.241 e. The lowest BCUT2D eigenvalue weighted by atomic mass is 10.1. The van der Waals surface area contributed by atoms with E-state index in [4.69, 9.17) is 16.6 Å². The Morgan fingerprint density at radius 3 is 2.59 bits per heavy atom. The summed E-state index contributed by atoms with van der Waals surface area (Å²) in [6.45, 7) is 5.69. The fourth-order valence-corrected chi connectivity index (χ4v) is 3.65. The van der Waals surface area contributed by atoms with Gasteiger partial charge in [0.2, 0.25) is 5.91 Å². The van der Waals surface area contributed by atoms with Crippen LogP contribution in [0.2, 0.25) is 5.02 Å². The Hall–Kier alpha value is -2.50. The van der Waals surface area contributed by atoms with Gasteiger partial charge in [-0.05, 0) is 44.2 Å². The maximum atomic E-state index is 12.8. The van der Waals surface area contributed by atoms with E-state index in [0.29, 0.717) is 24.7 Å². The lowest BCUT2D eigenvalue weighted by molar-refractivity contribution is -0.122. The number of hydrogen-bond acceptors (Lipinski definition) is 4. The SMILES string of the molecule is Cc1nc2ccccc2nc1CN1CC(=O)N(c2cccc(Cl)c2)C[C@@H]1C. The van der Waals surface area contributed by atoms with Gasteiger partial charge in [0.15, 0.2) is 0 Å². The molecule has 0 aliphatic carbocycles. The summed E-state index contributed by atoms with van der Waals surface area (Å²) in [4.78, 5) is 26.2. The summed E-state index contributed by atoms with van der Waals surface area (Å²) < 4.78 is 0. The van der Waals surface area contributed by atoms with E-state index in [-0.39, 0.29) is 11.9 Å². The van der Waals surface area contributed by atoms with Gasteiger partial charge in [-0.25, -0.2) is 9.97 Å². The normalized spacial score (nSPS) is 18.3. The molecule has 0 bridgehead atoms. The first-order valence-corrected chi connectivity index (χ1v) is 9.41. The van der Waals surface area contributed by atoms with Gasteiger partial charge in [0.1, 0.15) is 0 Å².